The molecule has 2 heterocycles. The molecule has 3 atom stereocenters. The van der Waals surface area contributed by atoms with Crippen LogP contribution in [-0.4, -0.2) is 47.4 Å². The summed E-state index contributed by atoms with van der Waals surface area (Å²) < 4.78 is 10.8. The first kappa shape index (κ1) is 19.6. The van der Waals surface area contributed by atoms with Crippen LogP contribution in [0.1, 0.15) is 36.2 Å². The summed E-state index contributed by atoms with van der Waals surface area (Å²) in [5.41, 5.74) is 1.88. The van der Waals surface area contributed by atoms with Crippen molar-refractivity contribution in [2.75, 3.05) is 13.7 Å². The Labute approximate surface area is 180 Å². The molecule has 0 unspecified atom stereocenters. The van der Waals surface area contributed by atoms with Crippen molar-refractivity contribution in [2.45, 2.75) is 37.8 Å². The number of piperidine rings is 1. The Morgan fingerprint density at radius 3 is 2.84 bits per heavy atom. The number of hydrogen-bond donors (Lipinski definition) is 1. The fourth-order valence-corrected chi connectivity index (χ4v) is 4.64. The minimum atomic E-state index is -0.136. The molecule has 1 saturated heterocycles. The molecule has 5 rings (SSSR count). The van der Waals surface area contributed by atoms with E-state index in [9.17, 15) is 9.59 Å². The van der Waals surface area contributed by atoms with Crippen LogP contribution in [0.15, 0.2) is 58.9 Å². The second kappa shape index (κ2) is 8.06. The second-order valence-corrected chi connectivity index (χ2v) is 8.29. The van der Waals surface area contributed by atoms with Crippen LogP contribution in [0.4, 0.5) is 0 Å². The molecule has 3 aliphatic rings. The summed E-state index contributed by atoms with van der Waals surface area (Å²) in [6.07, 6.45) is 10.7. The highest BCUT2D eigenvalue weighted by Crippen LogP contribution is 2.48. The van der Waals surface area contributed by atoms with Crippen molar-refractivity contribution in [1.29, 1.82) is 0 Å². The number of rotatable bonds is 6. The number of methoxy groups -OCH3 is 1. The van der Waals surface area contributed by atoms with Gasteiger partial charge < -0.3 is 19.4 Å². The lowest BCUT2D eigenvalue weighted by Crippen LogP contribution is -2.45. The largest absolute Gasteiger partial charge is 0.497 e. The zero-order chi connectivity index (χ0) is 21.4. The number of oxazole rings is 1. The van der Waals surface area contributed by atoms with E-state index in [4.69, 9.17) is 9.15 Å². The van der Waals surface area contributed by atoms with Gasteiger partial charge in [-0.25, -0.2) is 4.98 Å². The predicted octanol–water partition coefficient (Wildman–Crippen LogP) is 3.35. The number of hydrogen-bond acceptors (Lipinski definition) is 5. The zero-order valence-corrected chi connectivity index (χ0v) is 17.4. The Bertz CT molecular complexity index is 1050. The van der Waals surface area contributed by atoms with E-state index in [0.717, 1.165) is 42.6 Å². The van der Waals surface area contributed by atoms with Crippen LogP contribution in [-0.2, 0) is 4.79 Å². The molecule has 2 aliphatic carbocycles. The monoisotopic (exact) mass is 419 g/mol. The molecule has 1 N–H and O–H groups in total. The van der Waals surface area contributed by atoms with Crippen molar-refractivity contribution < 1.29 is 18.7 Å². The maximum absolute atomic E-state index is 13.5. The van der Waals surface area contributed by atoms with Gasteiger partial charge in [0.1, 0.15) is 5.75 Å². The van der Waals surface area contributed by atoms with Crippen LogP contribution in [0, 0.1) is 5.92 Å². The Hall–Kier alpha value is -3.35. The number of carbonyl (C=O) groups is 2. The predicted molar refractivity (Wildman–Crippen MR) is 114 cm³/mol. The number of nitrogens with zero attached hydrogens (tertiary/aromatic N) is 2. The van der Waals surface area contributed by atoms with Crippen molar-refractivity contribution in [3.8, 4) is 17.1 Å². The number of aromatic nitrogens is 1. The molecule has 2 fully saturated rings. The first-order valence-electron chi connectivity index (χ1n) is 10.7. The molecule has 1 saturated carbocycles. The van der Waals surface area contributed by atoms with Crippen LogP contribution in [0.3, 0.4) is 0 Å². The maximum Gasteiger partial charge on any atom is 0.277 e. The Morgan fingerprint density at radius 2 is 2.10 bits per heavy atom. The standard InChI is InChI=1S/C24H25N3O4/c1-30-19-9-7-15(8-10-19)22-21(26-14-31-22)24(29)27-18(11-17-12-20(17)27)13-25-23(28)16-5-3-2-4-6-16/h2-3,5,7-10,14,17-18,20H,4,6,11-13H2,1H3,(H,25,28)/t17-,18+,20+/m1/s1. The van der Waals surface area contributed by atoms with Gasteiger partial charge >= 0.3 is 0 Å². The summed E-state index contributed by atoms with van der Waals surface area (Å²) in [7, 11) is 1.61. The molecule has 0 spiro atoms. The van der Waals surface area contributed by atoms with E-state index in [0.29, 0.717) is 23.9 Å². The average Bonchev–Trinajstić information content (AvgIpc) is 3.23. The Morgan fingerprint density at radius 1 is 1.26 bits per heavy atom. The maximum atomic E-state index is 13.5. The normalized spacial score (nSPS) is 23.8. The minimum absolute atomic E-state index is 0.0275. The van der Waals surface area contributed by atoms with E-state index in [1.807, 2.05) is 41.3 Å². The van der Waals surface area contributed by atoms with E-state index in [1.165, 1.54) is 6.39 Å². The molecule has 31 heavy (non-hydrogen) atoms. The third-order valence-electron chi connectivity index (χ3n) is 6.37. The summed E-state index contributed by atoms with van der Waals surface area (Å²) >= 11 is 0. The zero-order valence-electron chi connectivity index (χ0n) is 17.4. The summed E-state index contributed by atoms with van der Waals surface area (Å²) in [5, 5.41) is 3.03. The van der Waals surface area contributed by atoms with E-state index in [-0.39, 0.29) is 23.9 Å². The van der Waals surface area contributed by atoms with Crippen LogP contribution in [0.5, 0.6) is 5.75 Å². The van der Waals surface area contributed by atoms with Crippen LogP contribution >= 0.6 is 0 Å². The van der Waals surface area contributed by atoms with Gasteiger partial charge in [-0.05, 0) is 55.9 Å². The lowest BCUT2D eigenvalue weighted by Gasteiger charge is -2.27. The molecule has 1 aromatic carbocycles. The third-order valence-corrected chi connectivity index (χ3v) is 6.37. The van der Waals surface area contributed by atoms with Gasteiger partial charge in [-0.1, -0.05) is 18.2 Å². The van der Waals surface area contributed by atoms with Crippen LogP contribution in [0.2, 0.25) is 0 Å². The van der Waals surface area contributed by atoms with Gasteiger partial charge in [-0.3, -0.25) is 9.59 Å². The molecule has 1 aromatic heterocycles. The first-order valence-corrected chi connectivity index (χ1v) is 10.7. The van der Waals surface area contributed by atoms with Crippen molar-refractivity contribution in [1.82, 2.24) is 15.2 Å². The highest BCUT2D eigenvalue weighted by molar-refractivity contribution is 5.98. The number of benzene rings is 1. The molecule has 1 aliphatic heterocycles. The van der Waals surface area contributed by atoms with Crippen molar-refractivity contribution in [3.05, 3.63) is 60.2 Å². The number of likely N-dealkylation sites (tertiary alicyclic amines) is 1. The van der Waals surface area contributed by atoms with E-state index in [1.54, 1.807) is 7.11 Å². The molecule has 0 radical (unpaired) electrons. The Kier molecular flexibility index (Phi) is 5.10. The van der Waals surface area contributed by atoms with Gasteiger partial charge in [0.15, 0.2) is 17.8 Å². The van der Waals surface area contributed by atoms with E-state index < -0.39 is 0 Å². The molecule has 2 amide bonds. The quantitative estimate of drug-likeness (QED) is 0.776. The van der Waals surface area contributed by atoms with E-state index in [2.05, 4.69) is 16.4 Å². The molecular formula is C24H25N3O4. The molecular weight excluding hydrogens is 394 g/mol. The van der Waals surface area contributed by atoms with Gasteiger partial charge in [0.25, 0.3) is 5.91 Å². The number of ether oxygens (including phenoxy) is 1. The molecule has 0 bridgehead atoms. The summed E-state index contributed by atoms with van der Waals surface area (Å²) in [5.74, 6) is 1.52. The number of carbonyl (C=O) groups excluding carboxylic acids is 2. The number of allylic oxidation sites excluding steroid dienone is 3. The lowest BCUT2D eigenvalue weighted by atomic mass is 10.0. The summed E-state index contributed by atoms with van der Waals surface area (Å²) in [4.78, 5) is 32.1. The Balaban J connectivity index is 1.31. The topological polar surface area (TPSA) is 84.7 Å². The smallest absolute Gasteiger partial charge is 0.277 e. The highest BCUT2D eigenvalue weighted by atomic mass is 16.5. The van der Waals surface area contributed by atoms with Crippen molar-refractivity contribution in [3.63, 3.8) is 0 Å². The SMILES string of the molecule is COc1ccc(-c2ocnc2C(=O)N2[C@H](CNC(=O)C3=CC=CCC3)C[C@@H]3C[C@@H]32)cc1. The van der Waals surface area contributed by atoms with Gasteiger partial charge in [-0.2, -0.15) is 0 Å². The lowest BCUT2D eigenvalue weighted by molar-refractivity contribution is -0.117. The third kappa shape index (κ3) is 3.76. The highest BCUT2D eigenvalue weighted by Gasteiger charge is 2.54. The second-order valence-electron chi connectivity index (χ2n) is 8.29. The molecule has 7 nitrogen and oxygen atoms in total. The van der Waals surface area contributed by atoms with E-state index >= 15 is 0 Å². The fraction of sp³-hybridized carbons (Fsp3) is 0.375. The van der Waals surface area contributed by atoms with Gasteiger partial charge in [0, 0.05) is 23.7 Å². The van der Waals surface area contributed by atoms with Gasteiger partial charge in [0.2, 0.25) is 5.91 Å². The van der Waals surface area contributed by atoms with Gasteiger partial charge in [0.05, 0.1) is 13.2 Å². The molecule has 160 valence electrons. The summed E-state index contributed by atoms with van der Waals surface area (Å²) in [6, 6.07) is 7.55. The van der Waals surface area contributed by atoms with Crippen molar-refractivity contribution in [2.24, 2.45) is 5.92 Å². The van der Waals surface area contributed by atoms with Crippen LogP contribution < -0.4 is 10.1 Å². The number of amides is 2. The minimum Gasteiger partial charge on any atom is -0.497 e. The number of nitrogens with one attached hydrogen (secondary N) is 1. The molecule has 2 aromatic rings. The van der Waals surface area contributed by atoms with Crippen molar-refractivity contribution >= 4 is 11.8 Å². The number of fused-ring (bicyclic) bond motifs is 1. The fourth-order valence-electron chi connectivity index (χ4n) is 4.64. The first-order chi connectivity index (χ1) is 15.2. The summed E-state index contributed by atoms with van der Waals surface area (Å²) in [6.45, 7) is 0.453. The van der Waals surface area contributed by atoms with Gasteiger partial charge in [-0.15, -0.1) is 0 Å². The molecule has 7 heteroatoms. The average molecular weight is 419 g/mol. The van der Waals surface area contributed by atoms with Crippen LogP contribution in [0.25, 0.3) is 11.3 Å².